The second-order valence-electron chi connectivity index (χ2n) is 14.2. The van der Waals surface area contributed by atoms with Gasteiger partial charge in [-0.15, -0.1) is 0 Å². The average molecular weight is 721 g/mol. The van der Waals surface area contributed by atoms with Crippen molar-refractivity contribution in [1.29, 1.82) is 0 Å². The first kappa shape index (κ1) is 31.7. The largest absolute Gasteiger partial charge is 0.308 e. The van der Waals surface area contributed by atoms with Gasteiger partial charge in [-0.25, -0.2) is 4.98 Å². The van der Waals surface area contributed by atoms with E-state index in [1.807, 2.05) is 66.7 Å². The van der Waals surface area contributed by atoms with Crippen LogP contribution < -0.4 is 15.9 Å². The van der Waals surface area contributed by atoms with Crippen LogP contribution in [0, 0.1) is 0 Å². The second kappa shape index (κ2) is 12.4. The fraction of sp³-hybridized carbons (Fsp3) is 0. The number of nitrogens with zero attached hydrogens (tertiary/aromatic N) is 2. The molecule has 3 nitrogen and oxygen atoms in total. The van der Waals surface area contributed by atoms with Gasteiger partial charge in [-0.3, -0.25) is 4.57 Å². The topological polar surface area (TPSA) is 34.9 Å². The summed E-state index contributed by atoms with van der Waals surface area (Å²) in [6.45, 7) is 0. The van der Waals surface area contributed by atoms with E-state index in [-0.39, 0.29) is 0 Å². The third-order valence-corrected chi connectivity index (χ3v) is 14.4. The summed E-state index contributed by atoms with van der Waals surface area (Å²) in [7, 11) is -3.38. The number of fused-ring (bicyclic) bond motifs is 4. The zero-order valence-electron chi connectivity index (χ0n) is 29.8. The van der Waals surface area contributed by atoms with E-state index in [1.165, 1.54) is 38.2 Å². The quantitative estimate of drug-likeness (QED) is 0.131. The lowest BCUT2D eigenvalue weighted by atomic mass is 9.86. The van der Waals surface area contributed by atoms with E-state index in [9.17, 15) is 0 Å². The zero-order chi connectivity index (χ0) is 36.5. The highest BCUT2D eigenvalue weighted by Crippen LogP contribution is 2.52. The van der Waals surface area contributed by atoms with E-state index in [1.54, 1.807) is 0 Å². The van der Waals surface area contributed by atoms with E-state index in [0.717, 1.165) is 60.7 Å². The molecule has 0 aliphatic carbocycles. The zero-order valence-corrected chi connectivity index (χ0v) is 30.7. The van der Waals surface area contributed by atoms with Crippen LogP contribution in [0.3, 0.4) is 0 Å². The predicted molar refractivity (Wildman–Crippen MR) is 231 cm³/mol. The number of rotatable bonds is 5. The SMILES string of the molecule is O=P1(c2ccccc2)c2c(-c3ccc(-c4c5ccccc5c(-c5ccccc5)c5ccccc45)cc3)cccc2-n2c(-c3ccccc3)nc3cccc1c32. The Kier molecular flexibility index (Phi) is 7.14. The van der Waals surface area contributed by atoms with Crippen molar-refractivity contribution in [1.82, 2.24) is 9.55 Å². The number of aromatic nitrogens is 2. The molecule has 11 rings (SSSR count). The smallest absolute Gasteiger partial charge is 0.175 e. The number of para-hydroxylation sites is 1. The number of hydrogen-bond acceptors (Lipinski definition) is 2. The maximum absolute atomic E-state index is 16.3. The van der Waals surface area contributed by atoms with Gasteiger partial charge in [-0.05, 0) is 73.1 Å². The van der Waals surface area contributed by atoms with Crippen molar-refractivity contribution in [2.45, 2.75) is 0 Å². The summed E-state index contributed by atoms with van der Waals surface area (Å²) < 4.78 is 18.5. The van der Waals surface area contributed by atoms with Crippen molar-refractivity contribution in [2.75, 3.05) is 0 Å². The molecule has 0 saturated heterocycles. The summed E-state index contributed by atoms with van der Waals surface area (Å²) in [5.74, 6) is 0.841. The molecule has 4 heteroatoms. The molecule has 1 aliphatic rings. The van der Waals surface area contributed by atoms with Gasteiger partial charge in [0.1, 0.15) is 5.82 Å². The van der Waals surface area contributed by atoms with Crippen LogP contribution in [0.5, 0.6) is 0 Å². The molecule has 1 aromatic heterocycles. The maximum atomic E-state index is 16.3. The lowest BCUT2D eigenvalue weighted by Crippen LogP contribution is -2.34. The average Bonchev–Trinajstić information content (AvgIpc) is 3.66. The molecule has 258 valence electrons. The molecule has 0 amide bonds. The molecule has 0 bridgehead atoms. The molecule has 0 N–H and O–H groups in total. The molecule has 9 aromatic carbocycles. The van der Waals surface area contributed by atoms with E-state index >= 15 is 4.57 Å². The summed E-state index contributed by atoms with van der Waals surface area (Å²) >= 11 is 0. The standard InChI is InChI=1S/C51H33N2OP/c54-55(38-20-8-3-9-21-38)46-29-15-27-44-49(46)53(51(52-44)37-18-6-2-7-19-37)45-28-14-26-39(50(45)55)34-30-32-36(33-31-34)48-42-24-12-10-22-40(42)47(35-16-4-1-5-17-35)41-23-11-13-25-43(41)48/h1-33H. The van der Waals surface area contributed by atoms with Crippen LogP contribution in [0.15, 0.2) is 200 Å². The summed E-state index contributed by atoms with van der Waals surface area (Å²) in [6, 6.07) is 69.8. The van der Waals surface area contributed by atoms with Gasteiger partial charge in [0.05, 0.1) is 22.0 Å². The van der Waals surface area contributed by atoms with Gasteiger partial charge in [-0.2, -0.15) is 0 Å². The maximum Gasteiger partial charge on any atom is 0.175 e. The normalized spacial score (nSPS) is 14.7. The molecule has 1 aliphatic heterocycles. The van der Waals surface area contributed by atoms with Crippen LogP contribution in [0.2, 0.25) is 0 Å². The highest BCUT2D eigenvalue weighted by atomic mass is 31.2. The Balaban J connectivity index is 1.15. The minimum atomic E-state index is -3.38. The molecular weight excluding hydrogens is 688 g/mol. The summed E-state index contributed by atoms with van der Waals surface area (Å²) in [4.78, 5) is 5.18. The highest BCUT2D eigenvalue weighted by Gasteiger charge is 2.41. The van der Waals surface area contributed by atoms with Gasteiger partial charge in [-0.1, -0.05) is 182 Å². The Hall–Kier alpha value is -6.80. The number of imidazole rings is 1. The van der Waals surface area contributed by atoms with Crippen molar-refractivity contribution in [3.8, 4) is 50.5 Å². The van der Waals surface area contributed by atoms with Crippen molar-refractivity contribution in [3.05, 3.63) is 200 Å². The Labute approximate surface area is 319 Å². The predicted octanol–water partition coefficient (Wildman–Crippen LogP) is 12.0. The van der Waals surface area contributed by atoms with E-state index < -0.39 is 7.14 Å². The molecule has 0 saturated carbocycles. The van der Waals surface area contributed by atoms with Crippen LogP contribution in [0.1, 0.15) is 0 Å². The number of hydrogen-bond donors (Lipinski definition) is 0. The molecule has 1 atom stereocenters. The summed E-state index contributed by atoms with van der Waals surface area (Å²) in [5, 5.41) is 7.36. The molecule has 0 fully saturated rings. The molecular formula is C51H33N2OP. The Morgan fingerprint density at radius 1 is 0.418 bits per heavy atom. The first-order valence-electron chi connectivity index (χ1n) is 18.7. The van der Waals surface area contributed by atoms with E-state index in [4.69, 9.17) is 4.98 Å². The van der Waals surface area contributed by atoms with E-state index in [2.05, 4.69) is 138 Å². The minimum Gasteiger partial charge on any atom is -0.308 e. The highest BCUT2D eigenvalue weighted by molar-refractivity contribution is 7.86. The van der Waals surface area contributed by atoms with Gasteiger partial charge >= 0.3 is 0 Å². The van der Waals surface area contributed by atoms with Gasteiger partial charge in [0.25, 0.3) is 0 Å². The monoisotopic (exact) mass is 720 g/mol. The molecule has 55 heavy (non-hydrogen) atoms. The molecule has 0 spiro atoms. The lowest BCUT2D eigenvalue weighted by Gasteiger charge is -2.31. The molecule has 0 radical (unpaired) electrons. The molecule has 1 unspecified atom stereocenters. The number of benzene rings is 9. The molecule has 2 heterocycles. The van der Waals surface area contributed by atoms with Crippen molar-refractivity contribution in [2.24, 2.45) is 0 Å². The third kappa shape index (κ3) is 4.70. The summed E-state index contributed by atoms with van der Waals surface area (Å²) in [6.07, 6.45) is 0. The molecule has 10 aromatic rings. The fourth-order valence-corrected chi connectivity index (χ4v) is 12.1. The Morgan fingerprint density at radius 2 is 0.909 bits per heavy atom. The Bertz CT molecular complexity index is 3090. The minimum absolute atomic E-state index is 0.818. The first-order chi connectivity index (χ1) is 27.2. The first-order valence-corrected chi connectivity index (χ1v) is 20.4. The van der Waals surface area contributed by atoms with Gasteiger partial charge in [0.15, 0.2) is 7.14 Å². The Morgan fingerprint density at radius 3 is 1.51 bits per heavy atom. The fourth-order valence-electron chi connectivity index (χ4n) is 8.85. The van der Waals surface area contributed by atoms with Gasteiger partial charge in [0, 0.05) is 16.2 Å². The van der Waals surface area contributed by atoms with Gasteiger partial charge < -0.3 is 4.57 Å². The van der Waals surface area contributed by atoms with Crippen molar-refractivity contribution < 1.29 is 4.57 Å². The lowest BCUT2D eigenvalue weighted by molar-refractivity contribution is 0.592. The van der Waals surface area contributed by atoms with Crippen molar-refractivity contribution in [3.63, 3.8) is 0 Å². The van der Waals surface area contributed by atoms with Crippen LogP contribution in [0.4, 0.5) is 0 Å². The summed E-state index contributed by atoms with van der Waals surface area (Å²) in [5.41, 5.74) is 10.5. The second-order valence-corrected chi connectivity index (χ2v) is 16.8. The van der Waals surface area contributed by atoms with Crippen LogP contribution in [0.25, 0.3) is 83.0 Å². The van der Waals surface area contributed by atoms with Crippen LogP contribution >= 0.6 is 7.14 Å². The third-order valence-electron chi connectivity index (χ3n) is 11.2. The van der Waals surface area contributed by atoms with Crippen LogP contribution in [-0.2, 0) is 4.57 Å². The van der Waals surface area contributed by atoms with Crippen LogP contribution in [-0.4, -0.2) is 9.55 Å². The van der Waals surface area contributed by atoms with Crippen molar-refractivity contribution >= 4 is 55.6 Å². The van der Waals surface area contributed by atoms with Gasteiger partial charge in [0.2, 0.25) is 0 Å². The van der Waals surface area contributed by atoms with E-state index in [0.29, 0.717) is 0 Å².